The summed E-state index contributed by atoms with van der Waals surface area (Å²) < 4.78 is 5.91. The van der Waals surface area contributed by atoms with Gasteiger partial charge in [-0.25, -0.2) is 0 Å². The van der Waals surface area contributed by atoms with Crippen molar-refractivity contribution in [1.29, 1.82) is 5.26 Å². The maximum atomic E-state index is 12.8. The zero-order valence-electron chi connectivity index (χ0n) is 13.7. The summed E-state index contributed by atoms with van der Waals surface area (Å²) in [5.74, 6) is 0.247. The van der Waals surface area contributed by atoms with E-state index in [9.17, 15) is 4.79 Å². The minimum atomic E-state index is -0.834. The van der Waals surface area contributed by atoms with E-state index in [0.29, 0.717) is 22.0 Å². The molecule has 1 atom stereocenters. The van der Waals surface area contributed by atoms with Crippen LogP contribution in [0.1, 0.15) is 17.2 Å². The first-order valence-electron chi connectivity index (χ1n) is 7.94. The van der Waals surface area contributed by atoms with E-state index in [1.165, 1.54) is 6.07 Å². The number of nitrogens with one attached hydrogen (secondary N) is 1. The summed E-state index contributed by atoms with van der Waals surface area (Å²) >= 11 is 5.94. The largest absolute Gasteiger partial charge is 0.476 e. The number of benzene rings is 3. The van der Waals surface area contributed by atoms with Crippen molar-refractivity contribution < 1.29 is 9.53 Å². The second kappa shape index (κ2) is 8.19. The molecule has 3 aromatic rings. The van der Waals surface area contributed by atoms with E-state index in [-0.39, 0.29) is 5.91 Å². The van der Waals surface area contributed by atoms with E-state index in [4.69, 9.17) is 21.6 Å². The van der Waals surface area contributed by atoms with Crippen LogP contribution in [0.15, 0.2) is 78.9 Å². The highest BCUT2D eigenvalue weighted by Gasteiger charge is 2.23. The van der Waals surface area contributed by atoms with Crippen LogP contribution in [0.2, 0.25) is 5.02 Å². The lowest BCUT2D eigenvalue weighted by atomic mass is 10.1. The molecule has 0 radical (unpaired) electrons. The summed E-state index contributed by atoms with van der Waals surface area (Å²) in [6.07, 6.45) is -0.834. The lowest BCUT2D eigenvalue weighted by Gasteiger charge is -2.19. The molecule has 0 aliphatic heterocycles. The Kier molecular flexibility index (Phi) is 5.52. The normalized spacial score (nSPS) is 11.2. The molecule has 0 heterocycles. The Morgan fingerprint density at radius 3 is 2.31 bits per heavy atom. The van der Waals surface area contributed by atoms with Gasteiger partial charge in [-0.15, -0.1) is 0 Å². The highest BCUT2D eigenvalue weighted by atomic mass is 35.5. The van der Waals surface area contributed by atoms with Gasteiger partial charge in [0, 0.05) is 11.3 Å². The van der Waals surface area contributed by atoms with Crippen molar-refractivity contribution in [1.82, 2.24) is 0 Å². The van der Waals surface area contributed by atoms with Gasteiger partial charge in [0.1, 0.15) is 11.8 Å². The monoisotopic (exact) mass is 362 g/mol. The highest BCUT2D eigenvalue weighted by Crippen LogP contribution is 2.25. The Morgan fingerprint density at radius 2 is 1.65 bits per heavy atom. The van der Waals surface area contributed by atoms with Gasteiger partial charge in [0.2, 0.25) is 6.10 Å². The van der Waals surface area contributed by atoms with Crippen LogP contribution in [0.4, 0.5) is 5.69 Å². The molecule has 0 spiro atoms. The molecule has 1 amide bonds. The Morgan fingerprint density at radius 1 is 1.00 bits per heavy atom. The van der Waals surface area contributed by atoms with E-state index >= 15 is 0 Å². The topological polar surface area (TPSA) is 62.1 Å². The minimum Gasteiger partial charge on any atom is -0.476 e. The van der Waals surface area contributed by atoms with Crippen molar-refractivity contribution in [2.75, 3.05) is 5.32 Å². The number of amides is 1. The molecule has 0 saturated heterocycles. The van der Waals surface area contributed by atoms with E-state index in [1.54, 1.807) is 24.3 Å². The van der Waals surface area contributed by atoms with Gasteiger partial charge in [-0.1, -0.05) is 60.1 Å². The Balaban J connectivity index is 1.86. The number of nitriles is 1. The second-order valence-electron chi connectivity index (χ2n) is 5.52. The first-order valence-corrected chi connectivity index (χ1v) is 8.32. The fourth-order valence-electron chi connectivity index (χ4n) is 2.43. The molecule has 0 bridgehead atoms. The zero-order valence-corrected chi connectivity index (χ0v) is 14.5. The van der Waals surface area contributed by atoms with Crippen LogP contribution in [-0.4, -0.2) is 5.91 Å². The molecule has 0 fully saturated rings. The molecule has 26 heavy (non-hydrogen) atoms. The van der Waals surface area contributed by atoms with Gasteiger partial charge in [-0.2, -0.15) is 5.26 Å². The molecule has 0 aliphatic rings. The van der Waals surface area contributed by atoms with Crippen molar-refractivity contribution in [3.8, 4) is 11.8 Å². The molecule has 1 unspecified atom stereocenters. The Hall–Kier alpha value is -3.29. The molecular formula is C21H15ClN2O2. The van der Waals surface area contributed by atoms with Gasteiger partial charge in [0.15, 0.2) is 0 Å². The van der Waals surface area contributed by atoms with Gasteiger partial charge in [0.05, 0.1) is 10.6 Å². The van der Waals surface area contributed by atoms with E-state index in [1.807, 2.05) is 54.6 Å². The number of carbonyl (C=O) groups is 1. The zero-order chi connectivity index (χ0) is 18.4. The highest BCUT2D eigenvalue weighted by molar-refractivity contribution is 6.31. The van der Waals surface area contributed by atoms with Crippen LogP contribution >= 0.6 is 11.6 Å². The lowest BCUT2D eigenvalue weighted by molar-refractivity contribution is -0.123. The lowest BCUT2D eigenvalue weighted by Crippen LogP contribution is -2.25. The molecule has 4 nitrogen and oxygen atoms in total. The molecule has 5 heteroatoms. The molecule has 0 saturated carbocycles. The number of ether oxygens (including phenoxy) is 1. The minimum absolute atomic E-state index is 0.296. The second-order valence-corrected chi connectivity index (χ2v) is 5.92. The van der Waals surface area contributed by atoms with Crippen molar-refractivity contribution in [2.24, 2.45) is 0 Å². The predicted octanol–water partition coefficient (Wildman–Crippen LogP) is 4.97. The summed E-state index contributed by atoms with van der Waals surface area (Å²) in [5.41, 5.74) is 1.50. The first kappa shape index (κ1) is 17.5. The van der Waals surface area contributed by atoms with Crippen LogP contribution in [-0.2, 0) is 4.79 Å². The number of nitrogens with zero attached hydrogens (tertiary/aromatic N) is 1. The molecule has 0 aromatic heterocycles. The third-order valence-electron chi connectivity index (χ3n) is 3.69. The Labute approximate surface area is 156 Å². The van der Waals surface area contributed by atoms with Crippen LogP contribution in [0.3, 0.4) is 0 Å². The number of rotatable bonds is 5. The standard InChI is InChI=1S/C21H15ClN2O2/c22-19-12-11-17(13-16(19)14-23)24-21(25)20(15-7-3-1-4-8-15)26-18-9-5-2-6-10-18/h1-13,20H,(H,24,25). The van der Waals surface area contributed by atoms with Crippen LogP contribution < -0.4 is 10.1 Å². The van der Waals surface area contributed by atoms with Crippen molar-refractivity contribution >= 4 is 23.2 Å². The quantitative estimate of drug-likeness (QED) is 0.697. The van der Waals surface area contributed by atoms with E-state index in [0.717, 1.165) is 5.56 Å². The average Bonchev–Trinajstić information content (AvgIpc) is 2.69. The van der Waals surface area contributed by atoms with Crippen molar-refractivity contribution in [3.63, 3.8) is 0 Å². The van der Waals surface area contributed by atoms with Gasteiger partial charge in [-0.3, -0.25) is 4.79 Å². The average molecular weight is 363 g/mol. The van der Waals surface area contributed by atoms with E-state index in [2.05, 4.69) is 5.32 Å². The number of hydrogen-bond acceptors (Lipinski definition) is 3. The number of hydrogen-bond donors (Lipinski definition) is 1. The number of halogens is 1. The summed E-state index contributed by atoms with van der Waals surface area (Å²) in [6.45, 7) is 0. The summed E-state index contributed by atoms with van der Waals surface area (Å²) in [4.78, 5) is 12.8. The summed E-state index contributed by atoms with van der Waals surface area (Å²) in [5, 5.41) is 12.2. The molecule has 1 N–H and O–H groups in total. The van der Waals surface area contributed by atoms with Crippen LogP contribution in [0.5, 0.6) is 5.75 Å². The predicted molar refractivity (Wildman–Crippen MR) is 101 cm³/mol. The first-order chi connectivity index (χ1) is 12.7. The SMILES string of the molecule is N#Cc1cc(NC(=O)C(Oc2ccccc2)c2ccccc2)ccc1Cl. The van der Waals surface area contributed by atoms with Gasteiger partial charge >= 0.3 is 0 Å². The third kappa shape index (κ3) is 4.21. The third-order valence-corrected chi connectivity index (χ3v) is 4.02. The summed E-state index contributed by atoms with van der Waals surface area (Å²) in [6, 6.07) is 25.1. The fourth-order valence-corrected chi connectivity index (χ4v) is 2.59. The molecular weight excluding hydrogens is 348 g/mol. The molecule has 0 aliphatic carbocycles. The van der Waals surface area contributed by atoms with Gasteiger partial charge in [-0.05, 0) is 30.3 Å². The number of para-hydroxylation sites is 1. The van der Waals surface area contributed by atoms with Gasteiger partial charge in [0.25, 0.3) is 5.91 Å². The number of carbonyl (C=O) groups excluding carboxylic acids is 1. The Bertz CT molecular complexity index is 937. The van der Waals surface area contributed by atoms with E-state index < -0.39 is 6.10 Å². The maximum Gasteiger partial charge on any atom is 0.270 e. The molecule has 3 aromatic carbocycles. The smallest absolute Gasteiger partial charge is 0.270 e. The van der Waals surface area contributed by atoms with Crippen LogP contribution in [0.25, 0.3) is 0 Å². The van der Waals surface area contributed by atoms with Crippen molar-refractivity contribution in [2.45, 2.75) is 6.10 Å². The molecule has 128 valence electrons. The maximum absolute atomic E-state index is 12.8. The fraction of sp³-hybridized carbons (Fsp3) is 0.0476. The number of anilines is 1. The molecule has 3 rings (SSSR count). The van der Waals surface area contributed by atoms with Crippen molar-refractivity contribution in [3.05, 3.63) is 95.0 Å². The van der Waals surface area contributed by atoms with Gasteiger partial charge < -0.3 is 10.1 Å². The van der Waals surface area contributed by atoms with Crippen LogP contribution in [0, 0.1) is 11.3 Å². The summed E-state index contributed by atoms with van der Waals surface area (Å²) in [7, 11) is 0.